The summed E-state index contributed by atoms with van der Waals surface area (Å²) >= 11 is 4.74. The highest BCUT2D eigenvalue weighted by molar-refractivity contribution is 9.11. The minimum Gasteiger partial charge on any atom is -0.324 e. The van der Waals surface area contributed by atoms with Crippen molar-refractivity contribution in [1.29, 1.82) is 0 Å². The summed E-state index contributed by atoms with van der Waals surface area (Å²) in [5.41, 5.74) is 5.85. The number of carbonyl (C=O) groups excluding carboxylic acids is 1. The monoisotopic (exact) mass is 219 g/mol. The van der Waals surface area contributed by atoms with Gasteiger partial charge in [0.05, 0.1) is 10.3 Å². The van der Waals surface area contributed by atoms with Crippen LogP contribution in [-0.2, 0) is 0 Å². The van der Waals surface area contributed by atoms with E-state index < -0.39 is 0 Å². The van der Waals surface area contributed by atoms with Gasteiger partial charge in [-0.05, 0) is 27.4 Å². The lowest BCUT2D eigenvalue weighted by Crippen LogP contribution is -2.12. The number of hydrogen-bond donors (Lipinski definition) is 1. The Hall–Kier alpha value is -0.190. The minimum absolute atomic E-state index is 0.0203. The first kappa shape index (κ1) is 7.91. The van der Waals surface area contributed by atoms with Crippen molar-refractivity contribution in [1.82, 2.24) is 0 Å². The third kappa shape index (κ3) is 1.45. The second kappa shape index (κ2) is 3.27. The van der Waals surface area contributed by atoms with E-state index in [-0.39, 0.29) is 12.3 Å². The maximum absolute atomic E-state index is 10.9. The number of Topliss-reactive ketones (excluding diaryl/α,β-unsaturated/α-hetero) is 1. The lowest BCUT2D eigenvalue weighted by Gasteiger charge is -1.91. The van der Waals surface area contributed by atoms with Crippen LogP contribution in [0, 0.1) is 0 Å². The van der Waals surface area contributed by atoms with Gasteiger partial charge in [-0.1, -0.05) is 0 Å². The molecule has 0 aliphatic carbocycles. The average molecular weight is 220 g/mol. The lowest BCUT2D eigenvalue weighted by molar-refractivity contribution is 0.100. The first-order chi connectivity index (χ1) is 4.75. The van der Waals surface area contributed by atoms with Crippen LogP contribution < -0.4 is 5.73 Å². The van der Waals surface area contributed by atoms with E-state index in [4.69, 9.17) is 5.73 Å². The molecule has 2 nitrogen and oxygen atoms in total. The molecule has 54 valence electrons. The van der Waals surface area contributed by atoms with Gasteiger partial charge < -0.3 is 5.73 Å². The predicted molar refractivity (Wildman–Crippen MR) is 45.4 cm³/mol. The fourth-order valence-corrected chi connectivity index (χ4v) is 1.91. The third-order valence-electron chi connectivity index (χ3n) is 1.10. The molecule has 0 aliphatic heterocycles. The highest BCUT2D eigenvalue weighted by atomic mass is 79.9. The number of thiophene rings is 1. The van der Waals surface area contributed by atoms with E-state index in [9.17, 15) is 4.79 Å². The molecule has 0 radical (unpaired) electrons. The van der Waals surface area contributed by atoms with Crippen LogP contribution in [0.1, 0.15) is 10.4 Å². The van der Waals surface area contributed by atoms with Gasteiger partial charge in [0.25, 0.3) is 0 Å². The van der Waals surface area contributed by atoms with E-state index in [0.717, 1.165) is 3.79 Å². The normalized spacial score (nSPS) is 9.80. The zero-order valence-corrected chi connectivity index (χ0v) is 7.54. The maximum Gasteiger partial charge on any atom is 0.178 e. The molecule has 0 bridgehead atoms. The number of rotatable bonds is 2. The first-order valence-electron chi connectivity index (χ1n) is 2.72. The van der Waals surface area contributed by atoms with Gasteiger partial charge in [-0.3, -0.25) is 4.79 Å². The first-order valence-corrected chi connectivity index (χ1v) is 4.39. The van der Waals surface area contributed by atoms with Crippen molar-refractivity contribution >= 4 is 33.0 Å². The fourth-order valence-electron chi connectivity index (χ4n) is 0.603. The van der Waals surface area contributed by atoms with Crippen molar-refractivity contribution in [2.24, 2.45) is 5.73 Å². The zero-order chi connectivity index (χ0) is 7.56. The summed E-state index contributed by atoms with van der Waals surface area (Å²) in [5.74, 6) is -0.0203. The van der Waals surface area contributed by atoms with Crippen LogP contribution in [0.5, 0.6) is 0 Å². The number of nitrogens with two attached hydrogens (primary N) is 1. The van der Waals surface area contributed by atoms with Crippen molar-refractivity contribution in [2.75, 3.05) is 6.54 Å². The van der Waals surface area contributed by atoms with E-state index in [1.165, 1.54) is 11.3 Å². The number of halogens is 1. The summed E-state index contributed by atoms with van der Waals surface area (Å²) in [4.78, 5) is 10.9. The molecule has 1 heterocycles. The molecule has 0 saturated carbocycles. The average Bonchev–Trinajstić information content (AvgIpc) is 2.34. The van der Waals surface area contributed by atoms with Crippen LogP contribution in [0.2, 0.25) is 0 Å². The molecule has 0 fully saturated rings. The van der Waals surface area contributed by atoms with Crippen LogP contribution in [0.25, 0.3) is 0 Å². The van der Waals surface area contributed by atoms with Gasteiger partial charge in [0, 0.05) is 5.56 Å². The van der Waals surface area contributed by atoms with Crippen LogP contribution in [-0.4, -0.2) is 12.3 Å². The Morgan fingerprint density at radius 3 is 2.90 bits per heavy atom. The molecule has 4 heteroatoms. The van der Waals surface area contributed by atoms with Gasteiger partial charge in [0.15, 0.2) is 5.78 Å². The Kier molecular flexibility index (Phi) is 2.59. The highest BCUT2D eigenvalue weighted by Crippen LogP contribution is 2.23. The number of hydrogen-bond acceptors (Lipinski definition) is 3. The van der Waals surface area contributed by atoms with Crippen molar-refractivity contribution in [3.63, 3.8) is 0 Å². The largest absolute Gasteiger partial charge is 0.324 e. The zero-order valence-electron chi connectivity index (χ0n) is 5.13. The fraction of sp³-hybridized carbons (Fsp3) is 0.167. The van der Waals surface area contributed by atoms with Crippen LogP contribution in [0.4, 0.5) is 0 Å². The minimum atomic E-state index is -0.0203. The second-order valence-electron chi connectivity index (χ2n) is 1.74. The molecule has 1 rings (SSSR count). The van der Waals surface area contributed by atoms with E-state index in [2.05, 4.69) is 15.9 Å². The van der Waals surface area contributed by atoms with Gasteiger partial charge in [-0.15, -0.1) is 11.3 Å². The van der Waals surface area contributed by atoms with Crippen molar-refractivity contribution in [3.8, 4) is 0 Å². The van der Waals surface area contributed by atoms with Gasteiger partial charge in [-0.25, -0.2) is 0 Å². The molecule has 1 aromatic rings. The maximum atomic E-state index is 10.9. The van der Waals surface area contributed by atoms with E-state index >= 15 is 0 Å². The summed E-state index contributed by atoms with van der Waals surface area (Å²) in [6, 6.07) is 1.77. The van der Waals surface area contributed by atoms with Gasteiger partial charge in [-0.2, -0.15) is 0 Å². The van der Waals surface area contributed by atoms with Gasteiger partial charge in [0.1, 0.15) is 0 Å². The van der Waals surface area contributed by atoms with Gasteiger partial charge >= 0.3 is 0 Å². The molecule has 0 amide bonds. The van der Waals surface area contributed by atoms with Crippen molar-refractivity contribution < 1.29 is 4.79 Å². The summed E-state index contributed by atoms with van der Waals surface area (Å²) in [5, 5.41) is 1.85. The SMILES string of the molecule is NCC(=O)c1ccsc1Br. The number of ketones is 1. The standard InChI is InChI=1S/C6H6BrNOS/c7-6-4(1-2-10-6)5(9)3-8/h1-2H,3,8H2. The van der Waals surface area contributed by atoms with Crippen LogP contribution >= 0.6 is 27.3 Å². The number of carbonyl (C=O) groups is 1. The van der Waals surface area contributed by atoms with Crippen LogP contribution in [0.15, 0.2) is 15.2 Å². The Labute approximate surface area is 71.2 Å². The molecule has 0 unspecified atom stereocenters. The summed E-state index contributed by atoms with van der Waals surface area (Å²) < 4.78 is 0.864. The van der Waals surface area contributed by atoms with Crippen molar-refractivity contribution in [2.45, 2.75) is 0 Å². The summed E-state index contributed by atoms with van der Waals surface area (Å²) in [6.07, 6.45) is 0. The van der Waals surface area contributed by atoms with Gasteiger partial charge in [0.2, 0.25) is 0 Å². The predicted octanol–water partition coefficient (Wildman–Crippen LogP) is 1.65. The Morgan fingerprint density at radius 1 is 1.80 bits per heavy atom. The Bertz CT molecular complexity index is 246. The molecule has 2 N–H and O–H groups in total. The Morgan fingerprint density at radius 2 is 2.50 bits per heavy atom. The molecule has 0 atom stereocenters. The summed E-state index contributed by atoms with van der Waals surface area (Å²) in [6.45, 7) is 0.0787. The molecule has 0 aliphatic rings. The smallest absolute Gasteiger partial charge is 0.178 e. The molecule has 0 spiro atoms. The molecule has 0 saturated heterocycles. The van der Waals surface area contributed by atoms with Crippen LogP contribution in [0.3, 0.4) is 0 Å². The highest BCUT2D eigenvalue weighted by Gasteiger charge is 2.07. The second-order valence-corrected chi connectivity index (χ2v) is 3.97. The quantitative estimate of drug-likeness (QED) is 0.770. The topological polar surface area (TPSA) is 43.1 Å². The molecule has 0 aromatic carbocycles. The molecule has 1 aromatic heterocycles. The molecular weight excluding hydrogens is 214 g/mol. The van der Waals surface area contributed by atoms with E-state index in [1.54, 1.807) is 6.07 Å². The third-order valence-corrected chi connectivity index (χ3v) is 2.79. The molecular formula is C6H6BrNOS. The van der Waals surface area contributed by atoms with E-state index in [0.29, 0.717) is 5.56 Å². The van der Waals surface area contributed by atoms with Crippen molar-refractivity contribution in [3.05, 3.63) is 20.8 Å². The van der Waals surface area contributed by atoms with E-state index in [1.807, 2.05) is 5.38 Å². The lowest BCUT2D eigenvalue weighted by atomic mass is 10.2. The Balaban J connectivity index is 2.93. The molecule has 10 heavy (non-hydrogen) atoms. The summed E-state index contributed by atoms with van der Waals surface area (Å²) in [7, 11) is 0.